The number of nitriles is 1. The number of aromatic nitrogens is 1. The van der Waals surface area contributed by atoms with Gasteiger partial charge in [0.15, 0.2) is 0 Å². The Balaban J connectivity index is 2.22. The van der Waals surface area contributed by atoms with E-state index in [0.717, 1.165) is 19.5 Å². The number of anilines is 1. The molecule has 1 N–H and O–H groups in total. The van der Waals surface area contributed by atoms with Crippen LogP contribution in [0.15, 0.2) is 12.3 Å². The molecule has 1 aromatic rings. The number of nitrogens with one attached hydrogen (secondary N) is 1. The van der Waals surface area contributed by atoms with Crippen molar-refractivity contribution in [3.63, 3.8) is 0 Å². The van der Waals surface area contributed by atoms with Crippen molar-refractivity contribution in [3.8, 4) is 6.07 Å². The predicted octanol–water partition coefficient (Wildman–Crippen LogP) is 0.977. The first kappa shape index (κ1) is 12.3. The number of nitro groups is 1. The van der Waals surface area contributed by atoms with Gasteiger partial charge in [0.25, 0.3) is 0 Å². The lowest BCUT2D eigenvalue weighted by molar-refractivity contribution is -0.384. The summed E-state index contributed by atoms with van der Waals surface area (Å²) in [6, 6.07) is 3.25. The summed E-state index contributed by atoms with van der Waals surface area (Å²) < 4.78 is 0. The topological polar surface area (TPSA) is 95.1 Å². The first-order valence-electron chi connectivity index (χ1n) is 5.60. The van der Waals surface area contributed by atoms with Gasteiger partial charge in [0.1, 0.15) is 6.07 Å². The van der Waals surface area contributed by atoms with Crippen LogP contribution in [0.3, 0.4) is 0 Å². The number of likely N-dealkylation sites (tertiary alicyclic amines) is 1. The fraction of sp³-hybridized carbons (Fsp3) is 0.455. The molecule has 2 heterocycles. The van der Waals surface area contributed by atoms with Crippen molar-refractivity contribution >= 4 is 11.5 Å². The lowest BCUT2D eigenvalue weighted by Gasteiger charge is -2.13. The van der Waals surface area contributed by atoms with Crippen molar-refractivity contribution in [2.24, 2.45) is 0 Å². The van der Waals surface area contributed by atoms with E-state index < -0.39 is 4.92 Å². The molecular weight excluding hydrogens is 234 g/mol. The van der Waals surface area contributed by atoms with Crippen molar-refractivity contribution in [2.75, 3.05) is 25.5 Å². The third-order valence-corrected chi connectivity index (χ3v) is 2.93. The molecular formula is C11H13N5O2. The van der Waals surface area contributed by atoms with Gasteiger partial charge in [0, 0.05) is 24.8 Å². The van der Waals surface area contributed by atoms with Gasteiger partial charge in [-0.3, -0.25) is 10.1 Å². The molecule has 1 unspecified atom stereocenters. The number of pyridine rings is 1. The molecule has 0 amide bonds. The van der Waals surface area contributed by atoms with Crippen molar-refractivity contribution in [3.05, 3.63) is 27.9 Å². The molecule has 1 aliphatic rings. The van der Waals surface area contributed by atoms with Crippen LogP contribution in [0, 0.1) is 21.4 Å². The summed E-state index contributed by atoms with van der Waals surface area (Å²) in [4.78, 5) is 16.5. The highest BCUT2D eigenvalue weighted by molar-refractivity contribution is 5.58. The first-order valence-corrected chi connectivity index (χ1v) is 5.60. The van der Waals surface area contributed by atoms with Gasteiger partial charge < -0.3 is 10.2 Å². The van der Waals surface area contributed by atoms with E-state index >= 15 is 0 Å². The third-order valence-electron chi connectivity index (χ3n) is 2.93. The Morgan fingerprint density at radius 3 is 3.06 bits per heavy atom. The maximum absolute atomic E-state index is 10.9. The van der Waals surface area contributed by atoms with Gasteiger partial charge in [0.2, 0.25) is 5.82 Å². The molecule has 1 atom stereocenters. The molecule has 94 valence electrons. The zero-order valence-corrected chi connectivity index (χ0v) is 9.96. The molecule has 0 bridgehead atoms. The lowest BCUT2D eigenvalue weighted by atomic mass is 10.2. The number of nitrogens with zero attached hydrogens (tertiary/aromatic N) is 4. The highest BCUT2D eigenvalue weighted by Crippen LogP contribution is 2.24. The second-order valence-electron chi connectivity index (χ2n) is 4.35. The predicted molar refractivity (Wildman–Crippen MR) is 65.1 cm³/mol. The summed E-state index contributed by atoms with van der Waals surface area (Å²) in [5.74, 6) is 0.235. The second-order valence-corrected chi connectivity index (χ2v) is 4.35. The normalized spacial score (nSPS) is 19.4. The van der Waals surface area contributed by atoms with Crippen LogP contribution in [-0.4, -0.2) is 41.0 Å². The van der Waals surface area contributed by atoms with Crippen LogP contribution in [0.25, 0.3) is 0 Å². The van der Waals surface area contributed by atoms with Crippen LogP contribution >= 0.6 is 0 Å². The Kier molecular flexibility index (Phi) is 3.39. The molecule has 1 saturated heterocycles. The van der Waals surface area contributed by atoms with Crippen molar-refractivity contribution in [2.45, 2.75) is 12.5 Å². The van der Waals surface area contributed by atoms with Gasteiger partial charge in [-0.2, -0.15) is 5.26 Å². The van der Waals surface area contributed by atoms with E-state index in [9.17, 15) is 10.1 Å². The summed E-state index contributed by atoms with van der Waals surface area (Å²) in [6.07, 6.45) is 2.27. The van der Waals surface area contributed by atoms with E-state index in [1.54, 1.807) is 0 Å². The number of hydrogen-bond donors (Lipinski definition) is 1. The minimum atomic E-state index is -0.519. The average Bonchev–Trinajstić information content (AvgIpc) is 2.75. The average molecular weight is 247 g/mol. The van der Waals surface area contributed by atoms with E-state index in [2.05, 4.69) is 15.2 Å². The SMILES string of the molecule is CN1CCC(Nc2ncc(C#N)cc2[N+](=O)[O-])C1. The van der Waals surface area contributed by atoms with Crippen LogP contribution in [0.5, 0.6) is 0 Å². The second kappa shape index (κ2) is 4.98. The van der Waals surface area contributed by atoms with Gasteiger partial charge in [-0.1, -0.05) is 0 Å². The zero-order chi connectivity index (χ0) is 13.1. The van der Waals surface area contributed by atoms with Crippen molar-refractivity contribution in [1.29, 1.82) is 5.26 Å². The quantitative estimate of drug-likeness (QED) is 0.631. The summed E-state index contributed by atoms with van der Waals surface area (Å²) in [5.41, 5.74) is 0.0411. The lowest BCUT2D eigenvalue weighted by Crippen LogP contribution is -2.24. The Morgan fingerprint density at radius 1 is 1.72 bits per heavy atom. The van der Waals surface area contributed by atoms with Gasteiger partial charge in [-0.05, 0) is 20.0 Å². The number of likely N-dealkylation sites (N-methyl/N-ethyl adjacent to an activating group) is 1. The number of rotatable bonds is 3. The number of hydrogen-bond acceptors (Lipinski definition) is 6. The monoisotopic (exact) mass is 247 g/mol. The van der Waals surface area contributed by atoms with Gasteiger partial charge in [-0.15, -0.1) is 0 Å². The molecule has 0 saturated carbocycles. The first-order chi connectivity index (χ1) is 8.60. The fourth-order valence-corrected chi connectivity index (χ4v) is 2.01. The molecule has 1 fully saturated rings. The van der Waals surface area contributed by atoms with Gasteiger partial charge in [0.05, 0.1) is 10.5 Å². The molecule has 18 heavy (non-hydrogen) atoms. The molecule has 0 spiro atoms. The summed E-state index contributed by atoms with van der Waals surface area (Å²) >= 11 is 0. The van der Waals surface area contributed by atoms with E-state index in [4.69, 9.17) is 5.26 Å². The van der Waals surface area contributed by atoms with E-state index in [-0.39, 0.29) is 23.1 Å². The maximum Gasteiger partial charge on any atom is 0.312 e. The largest absolute Gasteiger partial charge is 0.360 e. The van der Waals surface area contributed by atoms with Crippen LogP contribution in [0.2, 0.25) is 0 Å². The molecule has 0 aliphatic carbocycles. The van der Waals surface area contributed by atoms with Crippen LogP contribution in [-0.2, 0) is 0 Å². The molecule has 1 aliphatic heterocycles. The summed E-state index contributed by atoms with van der Waals surface area (Å²) in [5, 5.41) is 22.7. The van der Waals surface area contributed by atoms with E-state index in [0.29, 0.717) is 0 Å². The molecule has 2 rings (SSSR count). The van der Waals surface area contributed by atoms with Crippen LogP contribution in [0.1, 0.15) is 12.0 Å². The molecule has 7 nitrogen and oxygen atoms in total. The Morgan fingerprint density at radius 2 is 2.50 bits per heavy atom. The van der Waals surface area contributed by atoms with E-state index in [1.165, 1.54) is 12.3 Å². The zero-order valence-electron chi connectivity index (χ0n) is 9.96. The highest BCUT2D eigenvalue weighted by atomic mass is 16.6. The minimum Gasteiger partial charge on any atom is -0.360 e. The summed E-state index contributed by atoms with van der Waals surface area (Å²) in [6.45, 7) is 1.79. The van der Waals surface area contributed by atoms with E-state index in [1.807, 2.05) is 13.1 Å². The van der Waals surface area contributed by atoms with Crippen molar-refractivity contribution in [1.82, 2.24) is 9.88 Å². The standard InChI is InChI=1S/C11H13N5O2/c1-15-3-2-9(7-15)14-11-10(16(17)18)4-8(5-12)6-13-11/h4,6,9H,2-3,7H2,1H3,(H,13,14). The molecule has 1 aromatic heterocycles. The molecule has 7 heteroatoms. The maximum atomic E-state index is 10.9. The fourth-order valence-electron chi connectivity index (χ4n) is 2.01. The Hall–Kier alpha value is -2.20. The minimum absolute atomic E-state index is 0.149. The highest BCUT2D eigenvalue weighted by Gasteiger charge is 2.23. The Labute approximate surface area is 104 Å². The van der Waals surface area contributed by atoms with Gasteiger partial charge >= 0.3 is 5.69 Å². The van der Waals surface area contributed by atoms with Gasteiger partial charge in [-0.25, -0.2) is 4.98 Å². The molecule has 0 aromatic carbocycles. The smallest absolute Gasteiger partial charge is 0.312 e. The Bertz CT molecular complexity index is 511. The third kappa shape index (κ3) is 2.55. The summed E-state index contributed by atoms with van der Waals surface area (Å²) in [7, 11) is 2.00. The van der Waals surface area contributed by atoms with Crippen LogP contribution in [0.4, 0.5) is 11.5 Å². The van der Waals surface area contributed by atoms with Crippen LogP contribution < -0.4 is 5.32 Å². The molecule has 0 radical (unpaired) electrons. The van der Waals surface area contributed by atoms with Crippen molar-refractivity contribution < 1.29 is 4.92 Å².